The molecule has 1 fully saturated rings. The summed E-state index contributed by atoms with van der Waals surface area (Å²) in [6, 6.07) is 3.20. The Kier molecular flexibility index (Phi) is 7.28. The molecule has 3 rings (SSSR count). The van der Waals surface area contributed by atoms with E-state index in [2.05, 4.69) is 32.3 Å². The van der Waals surface area contributed by atoms with E-state index in [4.69, 9.17) is 33.7 Å². The van der Waals surface area contributed by atoms with Gasteiger partial charge in [-0.25, -0.2) is 14.2 Å². The van der Waals surface area contributed by atoms with Crippen LogP contribution in [-0.2, 0) is 4.74 Å². The maximum absolute atomic E-state index is 14.8. The van der Waals surface area contributed by atoms with Crippen molar-refractivity contribution in [1.82, 2.24) is 9.88 Å². The maximum atomic E-state index is 14.8. The van der Waals surface area contributed by atoms with Crippen molar-refractivity contribution in [3.8, 4) is 6.07 Å². The van der Waals surface area contributed by atoms with Crippen molar-refractivity contribution in [3.63, 3.8) is 0 Å². The molecule has 7 nitrogen and oxygen atoms in total. The first-order valence-electron chi connectivity index (χ1n) is 9.98. The highest BCUT2D eigenvalue weighted by Crippen LogP contribution is 2.40. The number of nitrogens with two attached hydrogens (primary N) is 1. The minimum atomic E-state index is -0.639. The number of anilines is 2. The number of amides is 1. The number of nitriles is 1. The van der Waals surface area contributed by atoms with E-state index in [1.165, 1.54) is 0 Å². The van der Waals surface area contributed by atoms with Crippen molar-refractivity contribution in [2.75, 3.05) is 17.6 Å². The number of halogens is 4. The van der Waals surface area contributed by atoms with Gasteiger partial charge in [-0.15, -0.1) is 0 Å². The zero-order chi connectivity index (χ0) is 23.8. The van der Waals surface area contributed by atoms with Gasteiger partial charge in [0, 0.05) is 24.0 Å². The van der Waals surface area contributed by atoms with Gasteiger partial charge in [0.15, 0.2) is 11.0 Å². The molecule has 1 aromatic carbocycles. The van der Waals surface area contributed by atoms with Crippen LogP contribution < -0.4 is 11.1 Å². The second kappa shape index (κ2) is 9.46. The van der Waals surface area contributed by atoms with Gasteiger partial charge < -0.3 is 20.7 Å². The Morgan fingerprint density at radius 3 is 2.81 bits per heavy atom. The Labute approximate surface area is 204 Å². The van der Waals surface area contributed by atoms with Gasteiger partial charge in [-0.3, -0.25) is 0 Å². The van der Waals surface area contributed by atoms with Crippen LogP contribution in [0, 0.1) is 17.1 Å². The van der Waals surface area contributed by atoms with Crippen LogP contribution in [0.3, 0.4) is 0 Å². The molecular weight excluding hydrogens is 524 g/mol. The summed E-state index contributed by atoms with van der Waals surface area (Å²) >= 11 is 15.4. The number of pyridine rings is 1. The van der Waals surface area contributed by atoms with E-state index in [0.29, 0.717) is 30.5 Å². The Bertz CT molecular complexity index is 1100. The number of hydrogen-bond acceptors (Lipinski definition) is 6. The number of nitrogen functional groups attached to an aromatic ring is 1. The SMILES string of the molecule is CC(C)(C)OC(=O)N1CC[C@H](Nc2c(N)c(Cl)nc3c(F)c(Br)c(Cl)cc23)C[C@H]1CC#N. The third kappa shape index (κ3) is 5.13. The Balaban J connectivity index is 1.91. The summed E-state index contributed by atoms with van der Waals surface area (Å²) < 4.78 is 20.3. The quantitative estimate of drug-likeness (QED) is 0.355. The number of rotatable bonds is 3. The summed E-state index contributed by atoms with van der Waals surface area (Å²) in [7, 11) is 0. The average Bonchev–Trinajstić information content (AvgIpc) is 2.70. The largest absolute Gasteiger partial charge is 0.444 e. The molecule has 2 heterocycles. The lowest BCUT2D eigenvalue weighted by molar-refractivity contribution is 0.00954. The van der Waals surface area contributed by atoms with Gasteiger partial charge in [-0.1, -0.05) is 23.2 Å². The van der Waals surface area contributed by atoms with Crippen LogP contribution in [0.15, 0.2) is 10.5 Å². The monoisotopic (exact) mass is 545 g/mol. The van der Waals surface area contributed by atoms with Gasteiger partial charge in [-0.2, -0.15) is 5.26 Å². The van der Waals surface area contributed by atoms with Crippen molar-refractivity contribution < 1.29 is 13.9 Å². The molecule has 0 radical (unpaired) electrons. The minimum Gasteiger partial charge on any atom is -0.444 e. The van der Waals surface area contributed by atoms with Crippen molar-refractivity contribution >= 4 is 67.5 Å². The van der Waals surface area contributed by atoms with Crippen molar-refractivity contribution in [2.24, 2.45) is 0 Å². The van der Waals surface area contributed by atoms with Crippen molar-refractivity contribution in [2.45, 2.75) is 57.7 Å². The molecular formula is C21H23BrCl2FN5O2. The molecule has 1 amide bonds. The van der Waals surface area contributed by atoms with Gasteiger partial charge in [-0.05, 0) is 55.6 Å². The lowest BCUT2D eigenvalue weighted by Gasteiger charge is -2.39. The van der Waals surface area contributed by atoms with Crippen LogP contribution in [0.25, 0.3) is 10.9 Å². The molecule has 1 aliphatic heterocycles. The van der Waals surface area contributed by atoms with Gasteiger partial charge in [0.1, 0.15) is 11.1 Å². The number of aromatic nitrogens is 1. The van der Waals surface area contributed by atoms with Crippen molar-refractivity contribution in [1.29, 1.82) is 5.26 Å². The Hall–Kier alpha value is -2.02. The van der Waals surface area contributed by atoms with Gasteiger partial charge >= 0.3 is 6.09 Å². The van der Waals surface area contributed by atoms with E-state index >= 15 is 0 Å². The highest BCUT2D eigenvalue weighted by Gasteiger charge is 2.34. The molecule has 2 atom stereocenters. The Morgan fingerprint density at radius 1 is 1.50 bits per heavy atom. The topological polar surface area (TPSA) is 104 Å². The predicted molar refractivity (Wildman–Crippen MR) is 127 cm³/mol. The summed E-state index contributed by atoms with van der Waals surface area (Å²) in [6.45, 7) is 5.77. The molecule has 0 unspecified atom stereocenters. The smallest absolute Gasteiger partial charge is 0.410 e. The summed E-state index contributed by atoms with van der Waals surface area (Å²) in [6.07, 6.45) is 0.736. The Morgan fingerprint density at radius 2 is 2.19 bits per heavy atom. The first-order valence-corrected chi connectivity index (χ1v) is 11.5. The molecule has 3 N–H and O–H groups in total. The fourth-order valence-electron chi connectivity index (χ4n) is 3.69. The molecule has 0 saturated carbocycles. The van der Waals surface area contributed by atoms with Gasteiger partial charge in [0.05, 0.1) is 33.4 Å². The number of ether oxygens (including phenoxy) is 1. The molecule has 1 aliphatic rings. The fourth-order valence-corrected chi connectivity index (χ4v) is 4.37. The number of benzene rings is 1. The lowest BCUT2D eigenvalue weighted by Crippen LogP contribution is -2.50. The molecule has 32 heavy (non-hydrogen) atoms. The zero-order valence-electron chi connectivity index (χ0n) is 17.8. The number of nitrogens with one attached hydrogen (secondary N) is 1. The molecule has 0 bridgehead atoms. The minimum absolute atomic E-state index is 0.0303. The van der Waals surface area contributed by atoms with Gasteiger partial charge in [0.2, 0.25) is 0 Å². The standard InChI is InChI=1S/C21H23BrCl2FN5O2/c1-21(2,3)32-20(31)30-7-5-10(8-11(30)4-6-26)28-18-12-9-13(23)14(22)15(25)17(12)29-19(24)16(18)27/h9-11H,4-5,7-8,27H2,1-3H3,(H,28,29)/t10-,11+/m0/s1. The fraction of sp³-hybridized carbons (Fsp3) is 0.476. The molecule has 1 saturated heterocycles. The second-order valence-electron chi connectivity index (χ2n) is 8.63. The van der Waals surface area contributed by atoms with E-state index in [0.717, 1.165) is 0 Å². The molecule has 172 valence electrons. The number of likely N-dealkylation sites (tertiary alicyclic amines) is 1. The molecule has 11 heteroatoms. The number of carbonyl (C=O) groups excluding carboxylic acids is 1. The molecule has 0 spiro atoms. The molecule has 2 aromatic rings. The number of nitrogens with zero attached hydrogens (tertiary/aromatic N) is 3. The van der Waals surface area contributed by atoms with E-state index in [1.54, 1.807) is 31.7 Å². The predicted octanol–water partition coefficient (Wildman–Crippen LogP) is 6.12. The molecule has 0 aliphatic carbocycles. The van der Waals surface area contributed by atoms with Crippen LogP contribution in [0.4, 0.5) is 20.6 Å². The second-order valence-corrected chi connectivity index (χ2v) is 10.2. The summed E-state index contributed by atoms with van der Waals surface area (Å²) in [5, 5.41) is 13.1. The van der Waals surface area contributed by atoms with Crippen LogP contribution in [0.1, 0.15) is 40.0 Å². The van der Waals surface area contributed by atoms with Crippen LogP contribution in [0.5, 0.6) is 0 Å². The third-order valence-corrected chi connectivity index (χ3v) is 6.72. The molecule has 1 aromatic heterocycles. The zero-order valence-corrected chi connectivity index (χ0v) is 20.9. The van der Waals surface area contributed by atoms with Crippen LogP contribution in [-0.4, -0.2) is 40.2 Å². The summed E-state index contributed by atoms with van der Waals surface area (Å²) in [5.74, 6) is -0.639. The number of fused-ring (bicyclic) bond motifs is 1. The first kappa shape index (κ1) is 24.6. The first-order chi connectivity index (χ1) is 14.9. The van der Waals surface area contributed by atoms with E-state index in [1.807, 2.05) is 0 Å². The third-order valence-electron chi connectivity index (χ3n) is 5.13. The number of piperidine rings is 1. The number of hydrogen-bond donors (Lipinski definition) is 2. The van der Waals surface area contributed by atoms with E-state index < -0.39 is 17.5 Å². The normalized spacial score (nSPS) is 19.0. The van der Waals surface area contributed by atoms with Crippen LogP contribution in [0.2, 0.25) is 10.2 Å². The van der Waals surface area contributed by atoms with Gasteiger partial charge in [0.25, 0.3) is 0 Å². The maximum Gasteiger partial charge on any atom is 0.410 e. The van der Waals surface area contributed by atoms with Crippen LogP contribution >= 0.6 is 39.1 Å². The van der Waals surface area contributed by atoms with Crippen molar-refractivity contribution in [3.05, 3.63) is 26.5 Å². The lowest BCUT2D eigenvalue weighted by atomic mass is 9.95. The summed E-state index contributed by atoms with van der Waals surface area (Å²) in [5.41, 5.74) is 6.15. The average molecular weight is 547 g/mol. The van der Waals surface area contributed by atoms with E-state index in [9.17, 15) is 14.4 Å². The highest BCUT2D eigenvalue weighted by atomic mass is 79.9. The van der Waals surface area contributed by atoms with E-state index in [-0.39, 0.29) is 44.4 Å². The highest BCUT2D eigenvalue weighted by molar-refractivity contribution is 9.10. The number of carbonyl (C=O) groups is 1. The summed E-state index contributed by atoms with van der Waals surface area (Å²) in [4.78, 5) is 18.3.